The van der Waals surface area contributed by atoms with Crippen molar-refractivity contribution in [3.05, 3.63) is 145 Å². The molecule has 0 aliphatic rings. The molecule has 18 heteroatoms. The van der Waals surface area contributed by atoms with E-state index in [1.807, 2.05) is 109 Å². The quantitative estimate of drug-likeness (QED) is 0.0312. The number of benzene rings is 7. The highest BCUT2D eigenvalue weighted by Crippen LogP contribution is 2.38. The van der Waals surface area contributed by atoms with Gasteiger partial charge in [0.1, 0.15) is 71.0 Å². The number of hydrogen-bond acceptors (Lipinski definition) is 14. The lowest BCUT2D eigenvalue weighted by molar-refractivity contribution is 0.282. The van der Waals surface area contributed by atoms with Crippen molar-refractivity contribution in [2.45, 2.75) is 38.9 Å². The molecule has 0 unspecified atom stereocenters. The van der Waals surface area contributed by atoms with E-state index >= 15 is 0 Å². The first-order valence-corrected chi connectivity index (χ1v) is 29.5. The Morgan fingerprint density at radius 2 is 0.605 bits per heavy atom. The number of aromatic amines is 4. The molecule has 0 fully saturated rings. The molecule has 0 bridgehead atoms. The lowest BCUT2D eigenvalue weighted by atomic mass is 10.1. The predicted molar refractivity (Wildman–Crippen MR) is 343 cm³/mol. The summed E-state index contributed by atoms with van der Waals surface area (Å²) in [6, 6.07) is 44.4. The number of nitrogens with zero attached hydrogens (tertiary/aromatic N) is 8. The molecule has 86 heavy (non-hydrogen) atoms. The van der Waals surface area contributed by atoms with Crippen LogP contribution in [-0.2, 0) is 13.2 Å². The van der Waals surface area contributed by atoms with E-state index in [4.69, 9.17) is 48.4 Å². The van der Waals surface area contributed by atoms with Gasteiger partial charge in [-0.1, -0.05) is 36.4 Å². The maximum Gasteiger partial charge on any atom is 0.142 e. The summed E-state index contributed by atoms with van der Waals surface area (Å²) in [5.41, 5.74) is 12.2. The fourth-order valence-electron chi connectivity index (χ4n) is 10.1. The highest BCUT2D eigenvalue weighted by Gasteiger charge is 2.19. The second-order valence-corrected chi connectivity index (χ2v) is 22.9. The van der Waals surface area contributed by atoms with Gasteiger partial charge in [0.2, 0.25) is 0 Å². The lowest BCUT2D eigenvalue weighted by Crippen LogP contribution is -2.15. The number of aromatic nitrogens is 8. The van der Waals surface area contributed by atoms with Crippen LogP contribution in [0.15, 0.2) is 133 Å². The van der Waals surface area contributed by atoms with Crippen LogP contribution in [0.4, 0.5) is 0 Å². The van der Waals surface area contributed by atoms with Crippen LogP contribution in [0.3, 0.4) is 0 Å². The molecular formula is C68H78N12O6. The van der Waals surface area contributed by atoms with Gasteiger partial charge in [0, 0.05) is 61.6 Å². The summed E-state index contributed by atoms with van der Waals surface area (Å²) in [5, 5.41) is 0. The van der Waals surface area contributed by atoms with Gasteiger partial charge in [-0.25, -0.2) is 19.9 Å². The first kappa shape index (κ1) is 58.8. The van der Waals surface area contributed by atoms with E-state index in [1.54, 1.807) is 0 Å². The molecule has 446 valence electrons. The first-order chi connectivity index (χ1) is 41.8. The average Bonchev–Trinajstić information content (AvgIpc) is 2.59. The van der Waals surface area contributed by atoms with E-state index in [0.717, 1.165) is 152 Å². The fraction of sp³-hybridized carbons (Fsp3) is 0.324. The number of fused-ring (bicyclic) bond motifs is 4. The van der Waals surface area contributed by atoms with E-state index < -0.39 is 0 Å². The Bertz CT molecular complexity index is 3770. The van der Waals surface area contributed by atoms with Crippen LogP contribution in [0.2, 0.25) is 0 Å². The SMILES string of the molecule is CN(C)CCCOc1ccc2nc(-c3ccc(-c4nc5ccc(OCCCN(C)C)cc5[nH]4)c(OCc4ccc(COc5cc(-c6nc7ccc(OCCCN(C)C)cc7[nH]6)ccc5-c5nc6ccc(OCCCN(C)C)cc6[nH]5)cc4)c3)[nH]c2c1. The van der Waals surface area contributed by atoms with Gasteiger partial charge in [-0.3, -0.25) is 0 Å². The van der Waals surface area contributed by atoms with Crippen LogP contribution in [0.5, 0.6) is 34.5 Å². The number of hydrogen-bond donors (Lipinski definition) is 4. The smallest absolute Gasteiger partial charge is 0.142 e. The number of nitrogens with one attached hydrogen (secondary N) is 4. The maximum atomic E-state index is 6.80. The third kappa shape index (κ3) is 15.1. The van der Waals surface area contributed by atoms with Crippen LogP contribution >= 0.6 is 0 Å². The van der Waals surface area contributed by atoms with Crippen LogP contribution < -0.4 is 28.4 Å². The van der Waals surface area contributed by atoms with Crippen molar-refractivity contribution in [1.29, 1.82) is 0 Å². The molecule has 0 spiro atoms. The van der Waals surface area contributed by atoms with Crippen molar-refractivity contribution in [1.82, 2.24) is 59.5 Å². The van der Waals surface area contributed by atoms with Crippen molar-refractivity contribution in [2.75, 3.05) is 109 Å². The van der Waals surface area contributed by atoms with Crippen LogP contribution in [-0.4, -0.2) is 168 Å². The Morgan fingerprint density at radius 1 is 0.314 bits per heavy atom. The van der Waals surface area contributed by atoms with Crippen LogP contribution in [0.1, 0.15) is 36.8 Å². The lowest BCUT2D eigenvalue weighted by Gasteiger charge is -2.13. The summed E-state index contributed by atoms with van der Waals surface area (Å²) in [6.07, 6.45) is 3.72. The number of ether oxygens (including phenoxy) is 6. The molecule has 4 heterocycles. The molecule has 0 atom stereocenters. The normalized spacial score (nSPS) is 11.9. The minimum Gasteiger partial charge on any atom is -0.493 e. The fourth-order valence-corrected chi connectivity index (χ4v) is 10.1. The summed E-state index contributed by atoms with van der Waals surface area (Å²) in [5.74, 6) is 7.28. The van der Waals surface area contributed by atoms with Gasteiger partial charge in [0.25, 0.3) is 0 Å². The third-order valence-electron chi connectivity index (χ3n) is 14.7. The van der Waals surface area contributed by atoms with Gasteiger partial charge in [0.05, 0.1) is 81.7 Å². The zero-order chi connectivity index (χ0) is 59.5. The van der Waals surface area contributed by atoms with Crippen molar-refractivity contribution < 1.29 is 28.4 Å². The molecule has 0 radical (unpaired) electrons. The van der Waals surface area contributed by atoms with Crippen molar-refractivity contribution in [3.63, 3.8) is 0 Å². The zero-order valence-corrected chi connectivity index (χ0v) is 50.6. The highest BCUT2D eigenvalue weighted by molar-refractivity contribution is 5.86. The van der Waals surface area contributed by atoms with Gasteiger partial charge >= 0.3 is 0 Å². The first-order valence-electron chi connectivity index (χ1n) is 29.5. The molecule has 11 rings (SSSR count). The largest absolute Gasteiger partial charge is 0.493 e. The summed E-state index contributed by atoms with van der Waals surface area (Å²) < 4.78 is 38.1. The molecule has 4 aromatic heterocycles. The number of H-pyrrole nitrogens is 4. The molecular weight excluding hydrogens is 1080 g/mol. The summed E-state index contributed by atoms with van der Waals surface area (Å²) in [7, 11) is 16.5. The molecule has 0 amide bonds. The van der Waals surface area contributed by atoms with Gasteiger partial charge in [-0.2, -0.15) is 0 Å². The van der Waals surface area contributed by atoms with E-state index in [2.05, 4.69) is 120 Å². The van der Waals surface area contributed by atoms with Crippen molar-refractivity contribution in [3.8, 4) is 80.0 Å². The van der Waals surface area contributed by atoms with E-state index in [9.17, 15) is 0 Å². The van der Waals surface area contributed by atoms with E-state index in [1.165, 1.54) is 0 Å². The minimum atomic E-state index is 0.292. The van der Waals surface area contributed by atoms with E-state index in [0.29, 0.717) is 74.4 Å². The molecule has 11 aromatic rings. The van der Waals surface area contributed by atoms with Gasteiger partial charge in [-0.05, 0) is 166 Å². The Hall–Kier alpha value is -8.94. The van der Waals surface area contributed by atoms with Crippen molar-refractivity contribution >= 4 is 44.1 Å². The predicted octanol–water partition coefficient (Wildman–Crippen LogP) is 12.3. The molecule has 4 N–H and O–H groups in total. The molecule has 18 nitrogen and oxygen atoms in total. The van der Waals surface area contributed by atoms with Gasteiger partial charge in [0.15, 0.2) is 0 Å². The molecule has 0 saturated carbocycles. The van der Waals surface area contributed by atoms with Crippen LogP contribution in [0.25, 0.3) is 89.7 Å². The van der Waals surface area contributed by atoms with Crippen molar-refractivity contribution in [2.24, 2.45) is 0 Å². The Morgan fingerprint density at radius 3 is 0.907 bits per heavy atom. The molecule has 0 aliphatic carbocycles. The number of rotatable bonds is 30. The summed E-state index contributed by atoms with van der Waals surface area (Å²) in [4.78, 5) is 42.9. The van der Waals surface area contributed by atoms with Gasteiger partial charge in [-0.15, -0.1) is 0 Å². The molecule has 0 aliphatic heterocycles. The topological polar surface area (TPSA) is 183 Å². The Balaban J connectivity index is 0.836. The maximum absolute atomic E-state index is 6.80. The average molecular weight is 1160 g/mol. The Kier molecular flexibility index (Phi) is 18.7. The van der Waals surface area contributed by atoms with Gasteiger partial charge < -0.3 is 68.0 Å². The highest BCUT2D eigenvalue weighted by atomic mass is 16.5. The second kappa shape index (κ2) is 27.4. The zero-order valence-electron chi connectivity index (χ0n) is 50.6. The van der Waals surface area contributed by atoms with Crippen LogP contribution in [0, 0.1) is 0 Å². The minimum absolute atomic E-state index is 0.292. The molecule has 0 saturated heterocycles. The number of imidazole rings is 4. The Labute approximate surface area is 502 Å². The standard InChI is InChI=1S/C68H78N12O6/c1-77(2)29-9-33-81-49-19-25-55-59(39-49)73-65(69-55)47-17-23-53(67-71-57-27-21-51(41-61(57)75-67)83-35-11-31-79(5)6)63(37-47)85-43-45-13-15-46(16-14-45)44-86-64-38-48(66-70-56-26-20-50(40-60(56)74-66)82-34-10-30-78(3)4)18-24-54(64)68-72-58-28-22-52(42-62(58)76-68)84-36-12-32-80(7)8/h13-28,37-42H,9-12,29-36,43-44H2,1-8H3,(H,69,73)(H,70,74)(H,71,75)(H,72,76). The second-order valence-electron chi connectivity index (χ2n) is 22.9. The van der Waals surface area contributed by atoms with E-state index in [-0.39, 0.29) is 0 Å². The molecule has 7 aromatic carbocycles. The third-order valence-corrected chi connectivity index (χ3v) is 14.7. The summed E-state index contributed by atoms with van der Waals surface area (Å²) >= 11 is 0. The summed E-state index contributed by atoms with van der Waals surface area (Å²) in [6.45, 7) is 6.92. The monoisotopic (exact) mass is 1160 g/mol.